The number of anilines is 2. The third kappa shape index (κ3) is 5.64. The van der Waals surface area contributed by atoms with Gasteiger partial charge in [-0.1, -0.05) is 61.5 Å². The minimum absolute atomic E-state index is 0.0557. The molecular weight excluding hydrogens is 655 g/mol. The molecule has 4 heterocycles. The minimum atomic E-state index is -3.10. The second-order valence-electron chi connectivity index (χ2n) is 14.5. The minimum Gasteiger partial charge on any atom is -0.441 e. The van der Waals surface area contributed by atoms with Crippen molar-refractivity contribution in [3.8, 4) is 0 Å². The van der Waals surface area contributed by atoms with Crippen LogP contribution in [0, 0.1) is 5.92 Å². The van der Waals surface area contributed by atoms with Crippen molar-refractivity contribution in [2.75, 3.05) is 16.4 Å². The van der Waals surface area contributed by atoms with Crippen LogP contribution in [0.1, 0.15) is 48.9 Å². The molecule has 4 aliphatic heterocycles. The Morgan fingerprint density at radius 3 is 2.36 bits per heavy atom. The first kappa shape index (κ1) is 34.1. The number of rotatable bonds is 8. The Kier molecular flexibility index (Phi) is 8.70. The number of fused-ring (bicyclic) bond motifs is 3. The van der Waals surface area contributed by atoms with E-state index in [1.807, 2.05) is 74.6 Å². The molecule has 1 spiro atoms. The summed E-state index contributed by atoms with van der Waals surface area (Å²) in [4.78, 5) is 70.4. The lowest BCUT2D eigenvalue weighted by Crippen LogP contribution is -2.55. The number of hydrogen-bond acceptors (Lipinski definition) is 8. The number of amides is 3. The first-order chi connectivity index (χ1) is 23.8. The average Bonchev–Trinajstić information content (AvgIpc) is 3.49. The van der Waals surface area contributed by atoms with Crippen molar-refractivity contribution >= 4 is 43.4 Å². The van der Waals surface area contributed by atoms with Crippen LogP contribution in [0.4, 0.5) is 11.4 Å². The highest BCUT2D eigenvalue weighted by Gasteiger charge is 2.66. The van der Waals surface area contributed by atoms with E-state index in [-0.39, 0.29) is 43.7 Å². The summed E-state index contributed by atoms with van der Waals surface area (Å²) in [6.45, 7) is 7.24. The molecule has 1 unspecified atom stereocenters. The lowest BCUT2D eigenvalue weighted by Gasteiger charge is -2.39. The van der Waals surface area contributed by atoms with E-state index in [4.69, 9.17) is 9.47 Å². The van der Waals surface area contributed by atoms with Crippen LogP contribution in [0.25, 0.3) is 0 Å². The van der Waals surface area contributed by atoms with Gasteiger partial charge in [-0.25, -0.2) is 0 Å². The first-order valence-corrected chi connectivity index (χ1v) is 20.2. The highest BCUT2D eigenvalue weighted by atomic mass is 28.4. The largest absolute Gasteiger partial charge is 0.441 e. The molecule has 0 bridgehead atoms. The molecule has 4 aliphatic rings. The zero-order valence-corrected chi connectivity index (χ0v) is 29.7. The molecule has 2 saturated heterocycles. The van der Waals surface area contributed by atoms with Gasteiger partial charge < -0.3 is 29.2 Å². The van der Waals surface area contributed by atoms with Crippen molar-refractivity contribution in [3.63, 3.8) is 0 Å². The number of ether oxygens (including phenoxy) is 2. The monoisotopic (exact) mass is 697 g/mol. The van der Waals surface area contributed by atoms with Crippen LogP contribution < -0.4 is 9.80 Å². The van der Waals surface area contributed by atoms with Crippen molar-refractivity contribution in [3.05, 3.63) is 95.1 Å². The molecule has 50 heavy (non-hydrogen) atoms. The van der Waals surface area contributed by atoms with E-state index < -0.39 is 49.7 Å². The van der Waals surface area contributed by atoms with Gasteiger partial charge in [0.15, 0.2) is 20.1 Å². The maximum absolute atomic E-state index is 14.9. The molecule has 7 rings (SSSR count). The second-order valence-corrected chi connectivity index (χ2v) is 18.5. The third-order valence-electron chi connectivity index (χ3n) is 10.9. The summed E-state index contributed by atoms with van der Waals surface area (Å²) in [5, 5.41) is 10.3. The molecule has 11 nitrogen and oxygen atoms in total. The van der Waals surface area contributed by atoms with Crippen LogP contribution in [0.3, 0.4) is 0 Å². The van der Waals surface area contributed by atoms with Crippen molar-refractivity contribution < 1.29 is 38.6 Å². The van der Waals surface area contributed by atoms with Crippen LogP contribution >= 0.6 is 0 Å². The second kappa shape index (κ2) is 12.8. The highest BCUT2D eigenvalue weighted by molar-refractivity contribution is 6.71. The number of benzene rings is 3. The van der Waals surface area contributed by atoms with Crippen molar-refractivity contribution in [2.24, 2.45) is 5.92 Å². The van der Waals surface area contributed by atoms with Gasteiger partial charge in [0.25, 0.3) is 5.91 Å². The Balaban J connectivity index is 1.28. The van der Waals surface area contributed by atoms with E-state index in [0.717, 1.165) is 16.7 Å². The van der Waals surface area contributed by atoms with Crippen LogP contribution in [0.5, 0.6) is 0 Å². The summed E-state index contributed by atoms with van der Waals surface area (Å²) in [5.41, 5.74) is 2.59. The molecule has 0 radical (unpaired) electrons. The van der Waals surface area contributed by atoms with E-state index in [0.29, 0.717) is 29.9 Å². The molecule has 12 heteroatoms. The molecular formula is C38H43N3O8Si. The number of β-lactam (4-membered cyclic amide) rings is 1. The van der Waals surface area contributed by atoms with Crippen molar-refractivity contribution in [1.82, 2.24) is 4.90 Å². The predicted molar refractivity (Wildman–Crippen MR) is 187 cm³/mol. The molecule has 6 atom stereocenters. The summed E-state index contributed by atoms with van der Waals surface area (Å²) in [5.74, 6) is -1.78. The summed E-state index contributed by atoms with van der Waals surface area (Å²) in [6, 6.07) is 22.4. The fraction of sp³-hybridized carbons (Fsp3) is 0.421. The Labute approximate surface area is 292 Å². The van der Waals surface area contributed by atoms with Gasteiger partial charge in [-0.05, 0) is 54.4 Å². The number of aliphatic hydroxyl groups is 1. The molecule has 3 aromatic carbocycles. The average molecular weight is 698 g/mol. The van der Waals surface area contributed by atoms with E-state index in [2.05, 4.69) is 0 Å². The molecule has 262 valence electrons. The molecule has 2 N–H and O–H groups in total. The first-order valence-electron chi connectivity index (χ1n) is 17.2. The molecule has 0 saturated carbocycles. The zero-order chi connectivity index (χ0) is 35.5. The van der Waals surface area contributed by atoms with E-state index >= 15 is 0 Å². The molecule has 2 fully saturated rings. The summed E-state index contributed by atoms with van der Waals surface area (Å²) in [6.07, 6.45) is -1.05. The normalized spacial score (nSPS) is 27.3. The Morgan fingerprint density at radius 1 is 1.00 bits per heavy atom. The summed E-state index contributed by atoms with van der Waals surface area (Å²) in [7, 11) is -3.10. The number of nitrogens with zero attached hydrogens (tertiary/aromatic N) is 3. The predicted octanol–water partition coefficient (Wildman–Crippen LogP) is 3.99. The van der Waals surface area contributed by atoms with Crippen LogP contribution in [0.15, 0.2) is 72.8 Å². The fourth-order valence-corrected chi connectivity index (χ4v) is 11.2. The molecule has 0 aliphatic carbocycles. The van der Waals surface area contributed by atoms with Gasteiger partial charge in [-0.3, -0.25) is 24.1 Å². The Morgan fingerprint density at radius 2 is 1.70 bits per heavy atom. The quantitative estimate of drug-likeness (QED) is 0.205. The van der Waals surface area contributed by atoms with Crippen molar-refractivity contribution in [1.29, 1.82) is 0 Å². The number of carbonyl (C=O) groups excluding carboxylic acids is 4. The van der Waals surface area contributed by atoms with E-state index in [1.165, 1.54) is 11.8 Å². The third-order valence-corrected chi connectivity index (χ3v) is 13.4. The van der Waals surface area contributed by atoms with Gasteiger partial charge in [0.05, 0.1) is 43.8 Å². The zero-order valence-electron chi connectivity index (χ0n) is 28.7. The van der Waals surface area contributed by atoms with Crippen molar-refractivity contribution in [2.45, 2.75) is 88.8 Å². The lowest BCUT2D eigenvalue weighted by atomic mass is 9.82. The van der Waals surface area contributed by atoms with Gasteiger partial charge in [0.2, 0.25) is 11.8 Å². The number of hydrogen-bond donors (Lipinski definition) is 2. The standard InChI is InChI=1S/C38H43N3O8Si/c1-23-36(50(3,4)47)32(18-33(44)39-21-27-13-9-8-12-26(27)16-29(39)22-42)49-38(23)30-17-28(41-34(45)19-35(41)48-24(2)43)14-15-31(30)40(37(38)46)20-25-10-6-5-7-11-25/h5-15,17,23,29,32,35-36,42,47H,16,18-22H2,1-4H3/t23-,29-,32+,35?,36-,38+/m0/s1. The molecule has 0 aromatic heterocycles. The molecule has 3 amide bonds. The highest BCUT2D eigenvalue weighted by Crippen LogP contribution is 2.60. The maximum Gasteiger partial charge on any atom is 0.304 e. The van der Waals surface area contributed by atoms with Crippen LogP contribution in [-0.4, -0.2) is 71.8 Å². The number of esters is 1. The van der Waals surface area contributed by atoms with E-state index in [1.54, 1.807) is 28.0 Å². The Hall–Kier alpha value is -4.36. The smallest absolute Gasteiger partial charge is 0.304 e. The van der Waals surface area contributed by atoms with Gasteiger partial charge >= 0.3 is 5.97 Å². The van der Waals surface area contributed by atoms with Crippen LogP contribution in [-0.2, 0) is 53.8 Å². The summed E-state index contributed by atoms with van der Waals surface area (Å²) < 4.78 is 12.3. The van der Waals surface area contributed by atoms with Gasteiger partial charge in [-0.2, -0.15) is 0 Å². The number of aliphatic hydroxyl groups excluding tert-OH is 1. The van der Waals surface area contributed by atoms with Gasteiger partial charge in [0.1, 0.15) is 0 Å². The Bertz CT molecular complexity index is 1850. The van der Waals surface area contributed by atoms with Gasteiger partial charge in [0, 0.05) is 36.2 Å². The van der Waals surface area contributed by atoms with Crippen LogP contribution in [0.2, 0.25) is 18.6 Å². The maximum atomic E-state index is 14.9. The van der Waals surface area contributed by atoms with E-state index in [9.17, 15) is 29.1 Å². The summed E-state index contributed by atoms with van der Waals surface area (Å²) >= 11 is 0. The van der Waals surface area contributed by atoms with Gasteiger partial charge in [-0.15, -0.1) is 0 Å². The molecule has 3 aromatic rings. The number of carbonyl (C=O) groups is 4. The lowest BCUT2D eigenvalue weighted by molar-refractivity contribution is -0.154. The SMILES string of the molecule is CC(=O)OC1CC(=O)N1c1ccc2c(c1)[C@@]1(O[C@H](CC(=O)N3Cc4ccccc4C[C@H]3CO)[C@@H]([Si](C)(C)O)[C@@H]1C)C(=O)N2Cc1ccccc1. The topological polar surface area (TPSA) is 137 Å². The fourth-order valence-electron chi connectivity index (χ4n) is 8.65.